The summed E-state index contributed by atoms with van der Waals surface area (Å²) in [5.74, 6) is 0. The Morgan fingerprint density at radius 3 is 2.58 bits per heavy atom. The molecule has 38 heavy (non-hydrogen) atoms. The summed E-state index contributed by atoms with van der Waals surface area (Å²) in [6.07, 6.45) is 11.9. The van der Waals surface area contributed by atoms with Crippen molar-refractivity contribution < 1.29 is 20.1 Å². The topological polar surface area (TPSA) is 62.2 Å². The van der Waals surface area contributed by atoms with Gasteiger partial charge in [0.05, 0.1) is 5.52 Å². The van der Waals surface area contributed by atoms with Crippen LogP contribution >= 0.6 is 0 Å². The average molecular weight is 680 g/mol. The molecular formula is C33H35IrN4. The van der Waals surface area contributed by atoms with Crippen LogP contribution in [0.5, 0.6) is 0 Å². The summed E-state index contributed by atoms with van der Waals surface area (Å²) < 4.78 is 0. The first-order valence-corrected chi connectivity index (χ1v) is 13.4. The molecule has 0 spiro atoms. The van der Waals surface area contributed by atoms with E-state index in [1.807, 2.05) is 25.4 Å². The fourth-order valence-corrected chi connectivity index (χ4v) is 5.98. The third-order valence-electron chi connectivity index (χ3n) is 7.63. The van der Waals surface area contributed by atoms with Crippen LogP contribution in [0.3, 0.4) is 0 Å². The predicted octanol–water partition coefficient (Wildman–Crippen LogP) is 8.82. The number of hydrogen-bond donors (Lipinski definition) is 0. The smallest absolute Gasteiger partial charge is 0.808 e. The molecule has 196 valence electrons. The van der Waals surface area contributed by atoms with Crippen LogP contribution in [0.4, 0.5) is 0 Å². The number of nitrogens with zero attached hydrogens (tertiary/aromatic N) is 4. The van der Waals surface area contributed by atoms with Gasteiger partial charge in [0, 0.05) is 17.8 Å². The van der Waals surface area contributed by atoms with Gasteiger partial charge >= 0.3 is 20.1 Å². The molecule has 2 aromatic heterocycles. The van der Waals surface area contributed by atoms with Crippen molar-refractivity contribution in [3.8, 4) is 11.3 Å². The van der Waals surface area contributed by atoms with E-state index in [1.165, 1.54) is 65.0 Å². The molecule has 6 rings (SSSR count). The van der Waals surface area contributed by atoms with E-state index in [1.54, 1.807) is 13.0 Å². The molecule has 4 nitrogen and oxygen atoms in total. The van der Waals surface area contributed by atoms with Gasteiger partial charge in [0.15, 0.2) is 0 Å². The molecule has 2 aromatic carbocycles. The number of aryl methyl sites for hydroxylation is 1. The Labute approximate surface area is 240 Å². The average Bonchev–Trinajstić information content (AvgIpc) is 2.87. The van der Waals surface area contributed by atoms with Crippen molar-refractivity contribution in [3.63, 3.8) is 0 Å². The Morgan fingerprint density at radius 2 is 1.84 bits per heavy atom. The Balaban J connectivity index is 0.000000207. The van der Waals surface area contributed by atoms with Crippen LogP contribution in [0.15, 0.2) is 60.6 Å². The SMILES string of the molecule is CC(=[N-])/C=C(/C)[N-]C1CCCCC1.Cc1cnc2cnc3c(c2c1)C(C)(C)c1cccc2cc[c-]c-3c12.[Ir+3]. The van der Waals surface area contributed by atoms with Crippen molar-refractivity contribution in [2.45, 2.75) is 78.2 Å². The zero-order valence-electron chi connectivity index (χ0n) is 22.9. The van der Waals surface area contributed by atoms with E-state index in [9.17, 15) is 0 Å². The summed E-state index contributed by atoms with van der Waals surface area (Å²) in [6, 6.07) is 16.9. The molecule has 0 bridgehead atoms. The maximum absolute atomic E-state index is 9.03. The standard InChI is InChI=1S/C22H17N2.C11H18N2.Ir/c1-13-10-16-18(23-11-13)12-24-21-15-8-4-6-14-7-5-9-17(19(14)15)22(2,3)20(16)21;1-9(12)8-10(2)13-11-6-4-3-5-7-11;/h4-7,9-12H,1-3H3;8,11H,3-7H2,1-2H3;/q-1;-2;+3/b;10-8-;. The maximum atomic E-state index is 9.03. The van der Waals surface area contributed by atoms with Crippen LogP contribution in [0.25, 0.3) is 43.7 Å². The Kier molecular flexibility index (Phi) is 8.49. The fourth-order valence-electron chi connectivity index (χ4n) is 5.98. The summed E-state index contributed by atoms with van der Waals surface area (Å²) in [7, 11) is 0. The van der Waals surface area contributed by atoms with E-state index >= 15 is 0 Å². The van der Waals surface area contributed by atoms with Gasteiger partial charge in [0.25, 0.3) is 0 Å². The van der Waals surface area contributed by atoms with Gasteiger partial charge in [-0.05, 0) is 35.2 Å². The van der Waals surface area contributed by atoms with Crippen molar-refractivity contribution in [2.24, 2.45) is 0 Å². The number of hydrogen-bond acceptors (Lipinski definition) is 2. The van der Waals surface area contributed by atoms with E-state index in [0.29, 0.717) is 11.8 Å². The molecule has 2 aliphatic carbocycles. The number of pyridine rings is 2. The Bertz CT molecular complexity index is 1510. The minimum absolute atomic E-state index is 0. The molecule has 0 saturated heterocycles. The van der Waals surface area contributed by atoms with Gasteiger partial charge < -0.3 is 15.7 Å². The van der Waals surface area contributed by atoms with Crippen molar-refractivity contribution in [3.05, 3.63) is 94.0 Å². The zero-order valence-corrected chi connectivity index (χ0v) is 25.3. The molecule has 0 atom stereocenters. The first kappa shape index (κ1) is 28.1. The Hall–Kier alpha value is -2.88. The van der Waals surface area contributed by atoms with Gasteiger partial charge in [-0.3, -0.25) is 4.98 Å². The van der Waals surface area contributed by atoms with Crippen molar-refractivity contribution >= 4 is 27.4 Å². The van der Waals surface area contributed by atoms with Gasteiger partial charge in [-0.15, -0.1) is 41.3 Å². The quantitative estimate of drug-likeness (QED) is 0.161. The summed E-state index contributed by atoms with van der Waals surface area (Å²) >= 11 is 0. The van der Waals surface area contributed by atoms with Crippen LogP contribution in [0.2, 0.25) is 0 Å². The third kappa shape index (κ3) is 5.46. The molecule has 0 N–H and O–H groups in total. The molecule has 1 saturated carbocycles. The molecular weight excluding hydrogens is 645 g/mol. The van der Waals surface area contributed by atoms with Crippen molar-refractivity contribution in [1.82, 2.24) is 9.97 Å². The van der Waals surface area contributed by atoms with Crippen LogP contribution in [0, 0.1) is 13.0 Å². The summed E-state index contributed by atoms with van der Waals surface area (Å²) in [4.78, 5) is 9.39. The van der Waals surface area contributed by atoms with E-state index < -0.39 is 0 Å². The largest absolute Gasteiger partial charge is 3.00 e. The fraction of sp³-hybridized carbons (Fsp3) is 0.364. The van der Waals surface area contributed by atoms with Gasteiger partial charge in [-0.25, -0.2) is 0 Å². The van der Waals surface area contributed by atoms with Crippen LogP contribution in [0.1, 0.15) is 76.5 Å². The first-order valence-electron chi connectivity index (χ1n) is 13.4. The number of aromatic nitrogens is 2. The van der Waals surface area contributed by atoms with E-state index in [-0.39, 0.29) is 25.5 Å². The number of benzene rings is 2. The summed E-state index contributed by atoms with van der Waals surface area (Å²) in [5.41, 5.74) is 8.06. The number of allylic oxidation sites excluding steroid dienone is 2. The summed E-state index contributed by atoms with van der Waals surface area (Å²) in [5, 5.41) is 17.3. The molecule has 0 radical (unpaired) electrons. The normalized spacial score (nSPS) is 16.2. The van der Waals surface area contributed by atoms with Gasteiger partial charge in [-0.2, -0.15) is 11.4 Å². The molecule has 5 heteroatoms. The van der Waals surface area contributed by atoms with E-state index in [4.69, 9.17) is 10.4 Å². The molecule has 1 fully saturated rings. The minimum atomic E-state index is -0.126. The van der Waals surface area contributed by atoms with Gasteiger partial charge in [-0.1, -0.05) is 88.9 Å². The second kappa shape index (κ2) is 11.5. The van der Waals surface area contributed by atoms with Crippen molar-refractivity contribution in [1.29, 1.82) is 0 Å². The third-order valence-corrected chi connectivity index (χ3v) is 7.63. The first-order chi connectivity index (χ1) is 17.8. The monoisotopic (exact) mass is 680 g/mol. The number of fused-ring (bicyclic) bond motifs is 4. The number of rotatable bonds is 3. The minimum Gasteiger partial charge on any atom is -0.808 e. The Morgan fingerprint density at radius 1 is 1.08 bits per heavy atom. The molecule has 2 heterocycles. The van der Waals surface area contributed by atoms with Gasteiger partial charge in [0.2, 0.25) is 0 Å². The summed E-state index contributed by atoms with van der Waals surface area (Å²) in [6.45, 7) is 10.3. The van der Waals surface area contributed by atoms with Gasteiger partial charge in [0.1, 0.15) is 0 Å². The second-order valence-electron chi connectivity index (χ2n) is 11.0. The zero-order chi connectivity index (χ0) is 26.2. The molecule has 0 amide bonds. The van der Waals surface area contributed by atoms with Crippen LogP contribution in [-0.4, -0.2) is 21.7 Å². The van der Waals surface area contributed by atoms with E-state index in [2.05, 4.69) is 67.5 Å². The van der Waals surface area contributed by atoms with Crippen LogP contribution in [-0.2, 0) is 25.5 Å². The molecule has 4 aromatic rings. The van der Waals surface area contributed by atoms with E-state index in [0.717, 1.165) is 22.5 Å². The molecule has 0 aliphatic heterocycles. The second-order valence-corrected chi connectivity index (χ2v) is 11.0. The molecule has 0 unspecified atom stereocenters. The molecule has 2 aliphatic rings. The maximum Gasteiger partial charge on any atom is 3.00 e. The van der Waals surface area contributed by atoms with Crippen LogP contribution < -0.4 is 0 Å². The van der Waals surface area contributed by atoms with Crippen molar-refractivity contribution in [2.75, 3.05) is 0 Å². The predicted molar refractivity (Wildman–Crippen MR) is 156 cm³/mol.